The van der Waals surface area contributed by atoms with Crippen LogP contribution in [0.5, 0.6) is 0 Å². The average Bonchev–Trinajstić information content (AvgIpc) is 2.10. The normalized spacial score (nSPS) is 40.2. The van der Waals surface area contributed by atoms with Gasteiger partial charge in [0.15, 0.2) is 0 Å². The van der Waals surface area contributed by atoms with E-state index >= 15 is 0 Å². The summed E-state index contributed by atoms with van der Waals surface area (Å²) in [7, 11) is 0. The Morgan fingerprint density at radius 1 is 1.08 bits per heavy atom. The summed E-state index contributed by atoms with van der Waals surface area (Å²) in [5.41, 5.74) is -0.587. The Morgan fingerprint density at radius 3 is 1.92 bits per heavy atom. The highest BCUT2D eigenvalue weighted by Crippen LogP contribution is 2.45. The summed E-state index contributed by atoms with van der Waals surface area (Å²) in [6.07, 6.45) is 5.39. The third-order valence-electron chi connectivity index (χ3n) is 3.89. The minimum atomic E-state index is -0.587. The van der Waals surface area contributed by atoms with Crippen LogP contribution in [0.1, 0.15) is 45.4 Å². The monoisotopic (exact) mass is 180 g/mol. The fraction of sp³-hybridized carbons (Fsp3) is 0.818. The number of ketones is 2. The van der Waals surface area contributed by atoms with Gasteiger partial charge in [-0.1, -0.05) is 0 Å². The van der Waals surface area contributed by atoms with Crippen LogP contribution < -0.4 is 0 Å². The Hall–Kier alpha value is -0.660. The summed E-state index contributed by atoms with van der Waals surface area (Å²) in [6.45, 7) is 1.88. The molecule has 0 radical (unpaired) electrons. The highest BCUT2D eigenvalue weighted by atomic mass is 16.2. The summed E-state index contributed by atoms with van der Waals surface area (Å²) in [4.78, 5) is 23.5. The third-order valence-corrected chi connectivity index (χ3v) is 3.89. The number of hydrogen-bond acceptors (Lipinski definition) is 2. The molecule has 72 valence electrons. The maximum absolute atomic E-state index is 11.7. The van der Waals surface area contributed by atoms with Gasteiger partial charge in [-0.15, -0.1) is 0 Å². The molecule has 0 unspecified atom stereocenters. The highest BCUT2D eigenvalue weighted by Gasteiger charge is 2.49. The van der Waals surface area contributed by atoms with Gasteiger partial charge >= 0.3 is 0 Å². The zero-order valence-corrected chi connectivity index (χ0v) is 8.14. The van der Waals surface area contributed by atoms with Crippen LogP contribution in [0, 0.1) is 11.3 Å². The van der Waals surface area contributed by atoms with Crippen molar-refractivity contribution in [2.24, 2.45) is 11.3 Å². The second-order valence-electron chi connectivity index (χ2n) is 4.53. The molecule has 0 spiro atoms. The molecule has 13 heavy (non-hydrogen) atoms. The molecule has 2 aliphatic carbocycles. The van der Waals surface area contributed by atoms with Gasteiger partial charge in [0, 0.05) is 12.8 Å². The van der Waals surface area contributed by atoms with Crippen LogP contribution in [0.15, 0.2) is 0 Å². The first-order valence-electron chi connectivity index (χ1n) is 5.22. The van der Waals surface area contributed by atoms with E-state index in [1.165, 1.54) is 0 Å². The van der Waals surface area contributed by atoms with E-state index in [2.05, 4.69) is 0 Å². The maximum Gasteiger partial charge on any atom is 0.146 e. The predicted octanol–water partition coefficient (Wildman–Crippen LogP) is 2.11. The molecule has 0 aromatic carbocycles. The Kier molecular flexibility index (Phi) is 2.01. The van der Waals surface area contributed by atoms with Crippen molar-refractivity contribution in [1.82, 2.24) is 0 Å². The zero-order valence-electron chi connectivity index (χ0n) is 8.14. The van der Waals surface area contributed by atoms with Crippen molar-refractivity contribution in [3.63, 3.8) is 0 Å². The lowest BCUT2D eigenvalue weighted by atomic mass is 9.59. The van der Waals surface area contributed by atoms with E-state index in [0.29, 0.717) is 18.8 Å². The van der Waals surface area contributed by atoms with Crippen molar-refractivity contribution in [2.45, 2.75) is 45.4 Å². The number of rotatable bonds is 0. The molecule has 0 aromatic heterocycles. The van der Waals surface area contributed by atoms with E-state index in [9.17, 15) is 9.59 Å². The van der Waals surface area contributed by atoms with E-state index in [4.69, 9.17) is 0 Å². The lowest BCUT2D eigenvalue weighted by Crippen LogP contribution is -2.48. The Morgan fingerprint density at radius 2 is 1.54 bits per heavy atom. The predicted molar refractivity (Wildman–Crippen MR) is 49.3 cm³/mol. The van der Waals surface area contributed by atoms with Crippen molar-refractivity contribution in [1.29, 1.82) is 0 Å². The summed E-state index contributed by atoms with van der Waals surface area (Å²) in [6, 6.07) is 0. The van der Waals surface area contributed by atoms with Crippen LogP contribution in [0.4, 0.5) is 0 Å². The number of carbonyl (C=O) groups is 2. The van der Waals surface area contributed by atoms with E-state index < -0.39 is 5.41 Å². The Bertz CT molecular complexity index is 233. The molecule has 2 aliphatic rings. The lowest BCUT2D eigenvalue weighted by molar-refractivity contribution is -0.148. The SMILES string of the molecule is CC12C(=O)CCCC1CCCC2=O. The summed E-state index contributed by atoms with van der Waals surface area (Å²) < 4.78 is 0. The van der Waals surface area contributed by atoms with E-state index in [1.807, 2.05) is 6.92 Å². The molecule has 0 N–H and O–H groups in total. The highest BCUT2D eigenvalue weighted by molar-refractivity contribution is 6.07. The van der Waals surface area contributed by atoms with Crippen LogP contribution in [0.3, 0.4) is 0 Å². The fourth-order valence-corrected chi connectivity index (χ4v) is 2.87. The van der Waals surface area contributed by atoms with Gasteiger partial charge in [-0.3, -0.25) is 9.59 Å². The summed E-state index contributed by atoms with van der Waals surface area (Å²) >= 11 is 0. The van der Waals surface area contributed by atoms with Gasteiger partial charge in [-0.25, -0.2) is 0 Å². The summed E-state index contributed by atoms with van der Waals surface area (Å²) in [5.74, 6) is 0.761. The van der Waals surface area contributed by atoms with Gasteiger partial charge in [0.05, 0.1) is 5.41 Å². The molecule has 0 heterocycles. The van der Waals surface area contributed by atoms with Crippen LogP contribution in [-0.4, -0.2) is 11.6 Å². The van der Waals surface area contributed by atoms with Crippen LogP contribution in [0.2, 0.25) is 0 Å². The maximum atomic E-state index is 11.7. The molecule has 0 saturated heterocycles. The quantitative estimate of drug-likeness (QED) is 0.535. The lowest BCUT2D eigenvalue weighted by Gasteiger charge is -2.42. The second kappa shape index (κ2) is 2.93. The molecule has 2 nitrogen and oxygen atoms in total. The minimum Gasteiger partial charge on any atom is -0.299 e. The summed E-state index contributed by atoms with van der Waals surface area (Å²) in [5, 5.41) is 0. The Labute approximate surface area is 78.7 Å². The molecule has 2 saturated carbocycles. The topological polar surface area (TPSA) is 34.1 Å². The molecule has 0 aliphatic heterocycles. The standard InChI is InChI=1S/C11H16O2/c1-11-8(4-2-6-9(11)12)5-3-7-10(11)13/h8H,2-7H2,1H3. The van der Waals surface area contributed by atoms with Crippen LogP contribution in [-0.2, 0) is 9.59 Å². The first-order valence-corrected chi connectivity index (χ1v) is 5.22. The first-order chi connectivity index (χ1) is 6.15. The minimum absolute atomic E-state index is 0.202. The first kappa shape index (κ1) is 8.92. The van der Waals surface area contributed by atoms with Gasteiger partial charge in [0.2, 0.25) is 0 Å². The average molecular weight is 180 g/mol. The van der Waals surface area contributed by atoms with Gasteiger partial charge in [-0.05, 0) is 38.5 Å². The molecular formula is C11H16O2. The molecule has 0 amide bonds. The zero-order chi connectivity index (χ0) is 9.47. The largest absolute Gasteiger partial charge is 0.299 e. The number of hydrogen-bond donors (Lipinski definition) is 0. The molecule has 2 heteroatoms. The van der Waals surface area contributed by atoms with Crippen molar-refractivity contribution >= 4 is 11.6 Å². The van der Waals surface area contributed by atoms with Crippen molar-refractivity contribution in [2.75, 3.05) is 0 Å². The smallest absolute Gasteiger partial charge is 0.146 e. The van der Waals surface area contributed by atoms with E-state index in [-0.39, 0.29) is 11.6 Å². The number of Topliss-reactive ketones (excluding diaryl/α,β-unsaturated/α-hetero) is 2. The molecule has 2 rings (SSSR count). The number of carbonyl (C=O) groups excluding carboxylic acids is 2. The van der Waals surface area contributed by atoms with Crippen molar-refractivity contribution in [3.05, 3.63) is 0 Å². The third kappa shape index (κ3) is 1.15. The van der Waals surface area contributed by atoms with Gasteiger partial charge in [-0.2, -0.15) is 0 Å². The molecule has 2 fully saturated rings. The van der Waals surface area contributed by atoms with Crippen molar-refractivity contribution in [3.8, 4) is 0 Å². The van der Waals surface area contributed by atoms with Gasteiger partial charge < -0.3 is 0 Å². The van der Waals surface area contributed by atoms with Crippen LogP contribution in [0.25, 0.3) is 0 Å². The molecule has 0 atom stereocenters. The fourth-order valence-electron chi connectivity index (χ4n) is 2.87. The van der Waals surface area contributed by atoms with E-state index in [0.717, 1.165) is 25.7 Å². The van der Waals surface area contributed by atoms with E-state index in [1.54, 1.807) is 0 Å². The van der Waals surface area contributed by atoms with Crippen molar-refractivity contribution < 1.29 is 9.59 Å². The van der Waals surface area contributed by atoms with Gasteiger partial charge in [0.25, 0.3) is 0 Å². The molecule has 0 bridgehead atoms. The van der Waals surface area contributed by atoms with Crippen LogP contribution >= 0.6 is 0 Å². The molecular weight excluding hydrogens is 164 g/mol. The number of fused-ring (bicyclic) bond motifs is 1. The Balaban J connectivity index is 2.32. The molecule has 0 aromatic rings. The van der Waals surface area contributed by atoms with Gasteiger partial charge in [0.1, 0.15) is 11.6 Å². The second-order valence-corrected chi connectivity index (χ2v) is 4.53.